The second-order valence-electron chi connectivity index (χ2n) is 23.1. The molecule has 0 spiro atoms. The first-order valence-corrected chi connectivity index (χ1v) is 34.7. The minimum absolute atomic E-state index is 0.108. The van der Waals surface area contributed by atoms with E-state index in [1.54, 1.807) is 0 Å². The number of esters is 3. The van der Waals surface area contributed by atoms with Crippen LogP contribution in [0, 0.1) is 0 Å². The number of hydrogen-bond acceptors (Lipinski definition) is 6. The molecule has 0 aromatic heterocycles. The van der Waals surface area contributed by atoms with Crippen molar-refractivity contribution >= 4 is 17.9 Å². The van der Waals surface area contributed by atoms with Crippen LogP contribution in [0.1, 0.15) is 342 Å². The molecule has 466 valence electrons. The van der Waals surface area contributed by atoms with Gasteiger partial charge in [-0.05, 0) is 89.9 Å². The second-order valence-corrected chi connectivity index (χ2v) is 23.1. The molecule has 0 bridgehead atoms. The summed E-state index contributed by atoms with van der Waals surface area (Å²) in [6, 6.07) is 0. The van der Waals surface area contributed by atoms with Gasteiger partial charge in [-0.15, -0.1) is 0 Å². The molecule has 0 rings (SSSR count). The molecule has 6 heteroatoms. The maximum atomic E-state index is 12.9. The van der Waals surface area contributed by atoms with Gasteiger partial charge >= 0.3 is 17.9 Å². The normalized spacial score (nSPS) is 12.7. The number of allylic oxidation sites excluding steroid dienone is 16. The van der Waals surface area contributed by atoms with Gasteiger partial charge < -0.3 is 14.2 Å². The zero-order valence-electron chi connectivity index (χ0n) is 53.5. The third-order valence-electron chi connectivity index (χ3n) is 15.1. The summed E-state index contributed by atoms with van der Waals surface area (Å²) in [5.74, 6) is -0.986. The summed E-state index contributed by atoms with van der Waals surface area (Å²) >= 11 is 0. The molecule has 0 aromatic rings. The highest BCUT2D eigenvalue weighted by atomic mass is 16.6. The number of rotatable bonds is 63. The molecule has 0 aliphatic rings. The van der Waals surface area contributed by atoms with Crippen molar-refractivity contribution in [2.75, 3.05) is 13.2 Å². The van der Waals surface area contributed by atoms with Crippen molar-refractivity contribution in [3.8, 4) is 0 Å². The summed E-state index contributed by atoms with van der Waals surface area (Å²) in [6.07, 6.45) is 93.0. The molecule has 0 amide bonds. The van der Waals surface area contributed by atoms with Crippen molar-refractivity contribution < 1.29 is 28.6 Å². The number of hydrogen-bond donors (Lipinski definition) is 0. The first-order chi connectivity index (χ1) is 40.0. The highest BCUT2D eigenvalue weighted by molar-refractivity contribution is 5.71. The smallest absolute Gasteiger partial charge is 0.306 e. The van der Waals surface area contributed by atoms with Crippen LogP contribution in [0.5, 0.6) is 0 Å². The molecular formula is C75H130O6. The van der Waals surface area contributed by atoms with Gasteiger partial charge in [0.1, 0.15) is 13.2 Å². The van der Waals surface area contributed by atoms with Crippen LogP contribution in [-0.4, -0.2) is 37.2 Å². The van der Waals surface area contributed by atoms with Gasteiger partial charge in [0.05, 0.1) is 0 Å². The van der Waals surface area contributed by atoms with Gasteiger partial charge in [-0.3, -0.25) is 14.4 Å². The molecule has 6 nitrogen and oxygen atoms in total. The zero-order valence-corrected chi connectivity index (χ0v) is 53.5. The summed E-state index contributed by atoms with van der Waals surface area (Å²) in [5, 5.41) is 0. The minimum Gasteiger partial charge on any atom is -0.462 e. The predicted octanol–water partition coefficient (Wildman–Crippen LogP) is 24.0. The Morgan fingerprint density at radius 1 is 0.259 bits per heavy atom. The highest BCUT2D eigenvalue weighted by Crippen LogP contribution is 2.18. The number of carbonyl (C=O) groups is 3. The summed E-state index contributed by atoms with van der Waals surface area (Å²) in [4.78, 5) is 38.4. The van der Waals surface area contributed by atoms with Gasteiger partial charge in [-0.2, -0.15) is 0 Å². The molecule has 0 saturated heterocycles. The third kappa shape index (κ3) is 67.0. The van der Waals surface area contributed by atoms with Crippen molar-refractivity contribution in [1.29, 1.82) is 0 Å². The summed E-state index contributed by atoms with van der Waals surface area (Å²) in [5.41, 5.74) is 0. The molecule has 0 aliphatic carbocycles. The Morgan fingerprint density at radius 2 is 0.506 bits per heavy atom. The molecule has 0 saturated carbocycles. The average molecular weight is 1130 g/mol. The first kappa shape index (κ1) is 77.3. The van der Waals surface area contributed by atoms with Crippen LogP contribution in [-0.2, 0) is 28.6 Å². The summed E-state index contributed by atoms with van der Waals surface area (Å²) in [7, 11) is 0. The Bertz CT molecular complexity index is 1580. The largest absolute Gasteiger partial charge is 0.462 e. The lowest BCUT2D eigenvalue weighted by Crippen LogP contribution is -2.30. The molecule has 0 aromatic carbocycles. The van der Waals surface area contributed by atoms with Crippen molar-refractivity contribution in [3.63, 3.8) is 0 Å². The van der Waals surface area contributed by atoms with Gasteiger partial charge in [0, 0.05) is 19.3 Å². The standard InChI is InChI=1S/C75H130O6/c1-4-7-10-13-16-19-22-25-28-31-34-35-36-37-38-39-40-42-44-47-50-53-56-59-62-65-68-74(77)80-71-72(70-79-73(76)67-64-61-58-55-52-49-46-43-33-30-27-24-21-18-15-12-9-6-3)81-75(78)69-66-63-60-57-54-51-48-45-41-32-29-26-23-20-17-14-11-8-5-2/h8,11,17,20-21,24,26,29-30,33,41,45,51,54,60,63,72H,4-7,9-10,12-16,18-19,22-23,25,27-28,31-32,34-40,42-44,46-50,52-53,55-59,61-62,64-71H2,1-3H3/b11-8-,20-17-,24-21-,29-26-,33-30-,45-41-,54-51-,63-60-. The van der Waals surface area contributed by atoms with Gasteiger partial charge in [-0.1, -0.05) is 330 Å². The summed E-state index contributed by atoms with van der Waals surface area (Å²) < 4.78 is 16.9. The van der Waals surface area contributed by atoms with Crippen molar-refractivity contribution in [2.45, 2.75) is 348 Å². The maximum Gasteiger partial charge on any atom is 0.306 e. The fourth-order valence-electron chi connectivity index (χ4n) is 9.91. The zero-order chi connectivity index (χ0) is 58.5. The minimum atomic E-state index is -0.823. The van der Waals surface area contributed by atoms with Gasteiger partial charge in [0.25, 0.3) is 0 Å². The van der Waals surface area contributed by atoms with E-state index in [0.717, 1.165) is 89.9 Å². The quantitative estimate of drug-likeness (QED) is 0.0261. The van der Waals surface area contributed by atoms with E-state index < -0.39 is 12.1 Å². The van der Waals surface area contributed by atoms with Crippen LogP contribution in [0.15, 0.2) is 97.2 Å². The van der Waals surface area contributed by atoms with Crippen LogP contribution in [0.4, 0.5) is 0 Å². The fraction of sp³-hybridized carbons (Fsp3) is 0.747. The Balaban J connectivity index is 4.39. The average Bonchev–Trinajstić information content (AvgIpc) is 3.47. The molecule has 81 heavy (non-hydrogen) atoms. The van der Waals surface area contributed by atoms with Crippen molar-refractivity contribution in [2.24, 2.45) is 0 Å². The Morgan fingerprint density at radius 3 is 0.815 bits per heavy atom. The summed E-state index contributed by atoms with van der Waals surface area (Å²) in [6.45, 7) is 6.49. The van der Waals surface area contributed by atoms with Gasteiger partial charge in [-0.25, -0.2) is 0 Å². The predicted molar refractivity (Wildman–Crippen MR) is 353 cm³/mol. The van der Waals surface area contributed by atoms with E-state index >= 15 is 0 Å². The SMILES string of the molecule is CC/C=C\C/C=C\C/C=C\C/C=C\C/C=C\C/C=C\CCC(=O)OC(COC(=O)CCCCCCCCC/C=C\C/C=C\CCCCCC)COC(=O)CCCCCCCCCCCCCCCCCCCCCCCCCCCC. The molecule has 1 unspecified atom stereocenters. The van der Waals surface area contributed by atoms with Gasteiger partial charge in [0.15, 0.2) is 6.10 Å². The van der Waals surface area contributed by atoms with E-state index in [4.69, 9.17) is 14.2 Å². The van der Waals surface area contributed by atoms with Crippen molar-refractivity contribution in [3.05, 3.63) is 97.2 Å². The number of unbranched alkanes of at least 4 members (excludes halogenated alkanes) is 36. The lowest BCUT2D eigenvalue weighted by molar-refractivity contribution is -0.166. The molecule has 0 aliphatic heterocycles. The molecular weight excluding hydrogens is 997 g/mol. The second kappa shape index (κ2) is 68.8. The van der Waals surface area contributed by atoms with E-state index in [9.17, 15) is 14.4 Å². The lowest BCUT2D eigenvalue weighted by Gasteiger charge is -2.18. The molecule has 0 radical (unpaired) electrons. The van der Waals surface area contributed by atoms with E-state index in [2.05, 4.69) is 112 Å². The van der Waals surface area contributed by atoms with Crippen molar-refractivity contribution in [1.82, 2.24) is 0 Å². The maximum absolute atomic E-state index is 12.9. The van der Waals surface area contributed by atoms with Gasteiger partial charge in [0.2, 0.25) is 0 Å². The van der Waals surface area contributed by atoms with E-state index in [1.165, 1.54) is 205 Å². The monoisotopic (exact) mass is 1130 g/mol. The van der Waals surface area contributed by atoms with Crippen LogP contribution in [0.25, 0.3) is 0 Å². The molecule has 0 N–H and O–H groups in total. The Hall–Kier alpha value is -3.67. The van der Waals surface area contributed by atoms with E-state index in [1.807, 2.05) is 6.08 Å². The Kier molecular flexibility index (Phi) is 65.7. The number of carbonyl (C=O) groups excluding carboxylic acids is 3. The topological polar surface area (TPSA) is 78.9 Å². The first-order valence-electron chi connectivity index (χ1n) is 34.7. The molecule has 0 heterocycles. The van der Waals surface area contributed by atoms with Crippen LogP contribution in [0.2, 0.25) is 0 Å². The van der Waals surface area contributed by atoms with Crippen LogP contribution >= 0.6 is 0 Å². The highest BCUT2D eigenvalue weighted by Gasteiger charge is 2.19. The lowest BCUT2D eigenvalue weighted by atomic mass is 10.0. The van der Waals surface area contributed by atoms with Crippen LogP contribution in [0.3, 0.4) is 0 Å². The molecule has 1 atom stereocenters. The Labute approximate surface area is 502 Å². The number of ether oxygens (including phenoxy) is 3. The van der Waals surface area contributed by atoms with E-state index in [-0.39, 0.29) is 31.6 Å². The van der Waals surface area contributed by atoms with E-state index in [0.29, 0.717) is 19.3 Å². The molecule has 0 fully saturated rings. The third-order valence-corrected chi connectivity index (χ3v) is 15.1. The fourth-order valence-corrected chi connectivity index (χ4v) is 9.91. The van der Waals surface area contributed by atoms with Crippen LogP contribution < -0.4 is 0 Å².